The number of piperidine rings is 1. The van der Waals surface area contributed by atoms with Gasteiger partial charge in [-0.2, -0.15) is 0 Å². The van der Waals surface area contributed by atoms with Gasteiger partial charge in [0.1, 0.15) is 0 Å². The van der Waals surface area contributed by atoms with Crippen LogP contribution >= 0.6 is 0 Å². The lowest BCUT2D eigenvalue weighted by molar-refractivity contribution is -0.815. The van der Waals surface area contributed by atoms with Gasteiger partial charge >= 0.3 is 12.1 Å². The highest BCUT2D eigenvalue weighted by molar-refractivity contribution is 5.75. The van der Waals surface area contributed by atoms with E-state index in [1.54, 1.807) is 6.20 Å². The monoisotopic (exact) mass is 428 g/mol. The maximum absolute atomic E-state index is 13.3. The molecule has 0 aromatic carbocycles. The molecule has 2 saturated heterocycles. The summed E-state index contributed by atoms with van der Waals surface area (Å²) in [5.74, 6) is 0.556. The molecule has 8 heteroatoms. The fourth-order valence-corrected chi connectivity index (χ4v) is 5.64. The van der Waals surface area contributed by atoms with E-state index < -0.39 is 0 Å². The Balaban J connectivity index is 1.13. The summed E-state index contributed by atoms with van der Waals surface area (Å²) in [5, 5.41) is 3.12. The van der Waals surface area contributed by atoms with Crippen molar-refractivity contribution in [2.24, 2.45) is 11.3 Å². The van der Waals surface area contributed by atoms with Gasteiger partial charge in [-0.25, -0.2) is 14.1 Å². The molecule has 168 valence electrons. The van der Waals surface area contributed by atoms with Crippen LogP contribution in [0.25, 0.3) is 0 Å². The van der Waals surface area contributed by atoms with Gasteiger partial charge in [0, 0.05) is 31.4 Å². The Hall–Kier alpha value is -2.19. The summed E-state index contributed by atoms with van der Waals surface area (Å²) in [6, 6.07) is 2.24. The summed E-state index contributed by atoms with van der Waals surface area (Å²) < 4.78 is 5.62. The largest absolute Gasteiger partial charge is 0.419 e. The number of carbonyl (C=O) groups is 2. The lowest BCUT2D eigenvalue weighted by atomic mass is 9.90. The van der Waals surface area contributed by atoms with Gasteiger partial charge in [-0.3, -0.25) is 9.88 Å². The quantitative estimate of drug-likeness (QED) is 0.749. The van der Waals surface area contributed by atoms with Crippen molar-refractivity contribution in [1.29, 1.82) is 0 Å². The summed E-state index contributed by atoms with van der Waals surface area (Å²) in [7, 11) is 4.08. The SMILES string of the molecule is CC1(NC(=O)N2CCC3(CC2)CC3C[N+](C)(C)C(=O)N2Cc3ccncc3C2)COC1. The van der Waals surface area contributed by atoms with Crippen molar-refractivity contribution in [2.75, 3.05) is 46.9 Å². The smallest absolute Gasteiger partial charge is 0.376 e. The van der Waals surface area contributed by atoms with E-state index in [2.05, 4.69) is 10.3 Å². The van der Waals surface area contributed by atoms with Crippen LogP contribution < -0.4 is 5.32 Å². The van der Waals surface area contributed by atoms with E-state index in [9.17, 15) is 9.59 Å². The van der Waals surface area contributed by atoms with Gasteiger partial charge in [0.05, 0.1) is 52.5 Å². The van der Waals surface area contributed by atoms with Crippen LogP contribution in [0.3, 0.4) is 0 Å². The third-order valence-electron chi connectivity index (χ3n) is 7.85. The molecule has 1 spiro atoms. The number of amides is 4. The van der Waals surface area contributed by atoms with Crippen molar-refractivity contribution >= 4 is 12.1 Å². The second-order valence-electron chi connectivity index (χ2n) is 10.9. The molecule has 1 aliphatic carbocycles. The van der Waals surface area contributed by atoms with Crippen molar-refractivity contribution in [3.05, 3.63) is 29.6 Å². The third-order valence-corrected chi connectivity index (χ3v) is 7.85. The van der Waals surface area contributed by atoms with Crippen molar-refractivity contribution in [1.82, 2.24) is 20.1 Å². The van der Waals surface area contributed by atoms with Crippen LogP contribution in [0.4, 0.5) is 9.59 Å². The third kappa shape index (κ3) is 3.80. The van der Waals surface area contributed by atoms with Crippen molar-refractivity contribution in [2.45, 2.75) is 44.8 Å². The number of carbonyl (C=O) groups excluding carboxylic acids is 2. The molecule has 1 aromatic heterocycles. The Labute approximate surface area is 184 Å². The first-order valence-electron chi connectivity index (χ1n) is 11.4. The van der Waals surface area contributed by atoms with Crippen LogP contribution in [0.2, 0.25) is 0 Å². The molecule has 3 fully saturated rings. The molecule has 4 aliphatic rings. The topological polar surface area (TPSA) is 74.8 Å². The first-order chi connectivity index (χ1) is 14.7. The maximum atomic E-state index is 13.3. The minimum absolute atomic E-state index is 0.0345. The molecule has 3 aliphatic heterocycles. The van der Waals surface area contributed by atoms with E-state index in [1.165, 1.54) is 12.0 Å². The van der Waals surface area contributed by atoms with E-state index in [-0.39, 0.29) is 17.6 Å². The summed E-state index contributed by atoms with van der Waals surface area (Å²) in [5.41, 5.74) is 2.47. The fraction of sp³-hybridized carbons (Fsp3) is 0.696. The minimum atomic E-state index is -0.207. The Kier molecular flexibility index (Phi) is 4.79. The van der Waals surface area contributed by atoms with Crippen molar-refractivity contribution < 1.29 is 18.8 Å². The van der Waals surface area contributed by atoms with Gasteiger partial charge < -0.3 is 15.0 Å². The van der Waals surface area contributed by atoms with Crippen LogP contribution in [0, 0.1) is 11.3 Å². The van der Waals surface area contributed by atoms with E-state index in [0.29, 0.717) is 42.1 Å². The first kappa shape index (κ1) is 20.7. The van der Waals surface area contributed by atoms with Crippen LogP contribution in [-0.4, -0.2) is 83.8 Å². The predicted octanol–water partition coefficient (Wildman–Crippen LogP) is 2.19. The second kappa shape index (κ2) is 7.17. The number of aromatic nitrogens is 1. The molecular weight excluding hydrogens is 394 g/mol. The van der Waals surface area contributed by atoms with Gasteiger partial charge in [0.15, 0.2) is 0 Å². The lowest BCUT2D eigenvalue weighted by Gasteiger charge is -2.41. The number of nitrogens with zero attached hydrogens (tertiary/aromatic N) is 4. The van der Waals surface area contributed by atoms with Crippen LogP contribution in [0.15, 0.2) is 18.5 Å². The zero-order valence-electron chi connectivity index (χ0n) is 18.9. The van der Waals surface area contributed by atoms with Gasteiger partial charge in [-0.15, -0.1) is 0 Å². The molecule has 0 bridgehead atoms. The number of ether oxygens (including phenoxy) is 1. The minimum Gasteiger partial charge on any atom is -0.376 e. The summed E-state index contributed by atoms with van der Waals surface area (Å²) in [6.45, 7) is 7.03. The average molecular weight is 429 g/mol. The van der Waals surface area contributed by atoms with Gasteiger partial charge in [0.25, 0.3) is 0 Å². The number of urea groups is 2. The van der Waals surface area contributed by atoms with Gasteiger partial charge in [-0.1, -0.05) is 0 Å². The molecule has 31 heavy (non-hydrogen) atoms. The van der Waals surface area contributed by atoms with Crippen molar-refractivity contribution in [3.8, 4) is 0 Å². The summed E-state index contributed by atoms with van der Waals surface area (Å²) in [4.78, 5) is 34.0. The van der Waals surface area contributed by atoms with E-state index >= 15 is 0 Å². The molecule has 8 nitrogen and oxygen atoms in total. The number of quaternary nitrogens is 1. The molecule has 4 heterocycles. The maximum Gasteiger partial charge on any atom is 0.419 e. The highest BCUT2D eigenvalue weighted by Gasteiger charge is 2.58. The second-order valence-corrected chi connectivity index (χ2v) is 10.9. The Morgan fingerprint density at radius 3 is 2.55 bits per heavy atom. The Bertz CT molecular complexity index is 864. The number of hydrogen-bond donors (Lipinski definition) is 1. The van der Waals surface area contributed by atoms with Crippen LogP contribution in [0.5, 0.6) is 0 Å². The normalized spacial score (nSPS) is 25.7. The molecule has 5 rings (SSSR count). The summed E-state index contributed by atoms with van der Waals surface area (Å²) in [6.07, 6.45) is 6.92. The number of likely N-dealkylation sites (tertiary alicyclic amines) is 1. The number of rotatable bonds is 3. The highest BCUT2D eigenvalue weighted by Crippen LogP contribution is 2.60. The number of pyridine rings is 1. The molecular formula is C23H34N5O3+. The fourth-order valence-electron chi connectivity index (χ4n) is 5.64. The summed E-state index contributed by atoms with van der Waals surface area (Å²) >= 11 is 0. The standard InChI is InChI=1S/C23H33N5O3/c1-22(15-31-16-22)25-20(29)26-8-5-23(6-9-26)10-19(23)14-28(2,3)21(30)27-12-17-4-7-24-11-18(17)13-27/h4,7,11,19H,5-6,8-10,12-16H2,1-3H3/p+1. The number of nitrogens with one attached hydrogen (secondary N) is 1. The first-order valence-corrected chi connectivity index (χ1v) is 11.4. The Morgan fingerprint density at radius 2 is 1.90 bits per heavy atom. The predicted molar refractivity (Wildman–Crippen MR) is 115 cm³/mol. The molecule has 1 aromatic rings. The van der Waals surface area contributed by atoms with Gasteiger partial charge in [-0.05, 0) is 48.8 Å². The van der Waals surface area contributed by atoms with E-state index in [4.69, 9.17) is 4.74 Å². The highest BCUT2D eigenvalue weighted by atomic mass is 16.5. The molecule has 1 unspecified atom stereocenters. The average Bonchev–Trinajstić information content (AvgIpc) is 3.17. The zero-order chi connectivity index (χ0) is 21.9. The molecule has 0 radical (unpaired) electrons. The van der Waals surface area contributed by atoms with E-state index in [1.807, 2.05) is 43.1 Å². The van der Waals surface area contributed by atoms with Crippen LogP contribution in [-0.2, 0) is 17.8 Å². The van der Waals surface area contributed by atoms with Crippen LogP contribution in [0.1, 0.15) is 37.3 Å². The zero-order valence-corrected chi connectivity index (χ0v) is 18.9. The molecule has 1 saturated carbocycles. The number of hydrogen-bond acceptors (Lipinski definition) is 4. The Morgan fingerprint density at radius 1 is 1.19 bits per heavy atom. The van der Waals surface area contributed by atoms with E-state index in [0.717, 1.165) is 38.0 Å². The molecule has 4 amide bonds. The molecule has 1 atom stereocenters. The lowest BCUT2D eigenvalue weighted by Crippen LogP contribution is -2.62. The molecule has 1 N–H and O–H groups in total. The van der Waals surface area contributed by atoms with Gasteiger partial charge in [0.2, 0.25) is 0 Å². The number of fused-ring (bicyclic) bond motifs is 1. The van der Waals surface area contributed by atoms with Crippen molar-refractivity contribution in [3.63, 3.8) is 0 Å².